The zero-order valence-electron chi connectivity index (χ0n) is 16.7. The molecule has 0 fully saturated rings. The molecular formula is C24H18ClF3N2OS. The van der Waals surface area contributed by atoms with Crippen molar-refractivity contribution < 1.29 is 18.0 Å². The van der Waals surface area contributed by atoms with Crippen LogP contribution in [0.25, 0.3) is 22.2 Å². The van der Waals surface area contributed by atoms with Crippen LogP contribution in [0.15, 0.2) is 77.7 Å². The summed E-state index contributed by atoms with van der Waals surface area (Å²) in [5, 5.41) is 4.28. The summed E-state index contributed by atoms with van der Waals surface area (Å²) in [4.78, 5) is 16.8. The smallest absolute Gasteiger partial charge is 0.354 e. The Morgan fingerprint density at radius 1 is 0.969 bits per heavy atom. The van der Waals surface area contributed by atoms with Crippen molar-refractivity contribution in [2.24, 2.45) is 0 Å². The first-order valence-electron chi connectivity index (χ1n) is 9.78. The molecule has 1 amide bonds. The summed E-state index contributed by atoms with van der Waals surface area (Å²) in [6.07, 6.45) is -4.58. The van der Waals surface area contributed by atoms with Gasteiger partial charge in [-0.05, 0) is 35.9 Å². The number of carbonyl (C=O) groups is 1. The summed E-state index contributed by atoms with van der Waals surface area (Å²) in [5.74, 6) is -0.252. The molecule has 4 aromatic rings. The lowest BCUT2D eigenvalue weighted by molar-refractivity contribution is -0.137. The third-order valence-corrected chi connectivity index (χ3v) is 6.28. The fraction of sp³-hybridized carbons (Fsp3) is 0.125. The molecule has 0 saturated heterocycles. The van der Waals surface area contributed by atoms with Crippen LogP contribution in [0, 0.1) is 0 Å². The van der Waals surface area contributed by atoms with Crippen molar-refractivity contribution >= 4 is 40.2 Å². The van der Waals surface area contributed by atoms with E-state index in [2.05, 4.69) is 10.3 Å². The van der Waals surface area contributed by atoms with Gasteiger partial charge < -0.3 is 10.3 Å². The van der Waals surface area contributed by atoms with Gasteiger partial charge in [0, 0.05) is 33.1 Å². The van der Waals surface area contributed by atoms with Crippen molar-refractivity contribution in [3.05, 3.63) is 88.9 Å². The highest BCUT2D eigenvalue weighted by Gasteiger charge is 2.34. The largest absolute Gasteiger partial charge is 0.417 e. The van der Waals surface area contributed by atoms with Crippen LogP contribution in [-0.2, 0) is 6.18 Å². The summed E-state index contributed by atoms with van der Waals surface area (Å²) in [7, 11) is 0. The van der Waals surface area contributed by atoms with Crippen molar-refractivity contribution in [2.75, 3.05) is 12.3 Å². The number of benzene rings is 3. The molecule has 0 aliphatic heterocycles. The lowest BCUT2D eigenvalue weighted by atomic mass is 10.1. The Morgan fingerprint density at radius 3 is 2.41 bits per heavy atom. The molecular weight excluding hydrogens is 457 g/mol. The fourth-order valence-electron chi connectivity index (χ4n) is 3.43. The van der Waals surface area contributed by atoms with Crippen molar-refractivity contribution in [3.8, 4) is 11.3 Å². The highest BCUT2D eigenvalue weighted by molar-refractivity contribution is 7.99. The monoisotopic (exact) mass is 474 g/mol. The number of alkyl halides is 3. The van der Waals surface area contributed by atoms with E-state index in [1.807, 2.05) is 48.5 Å². The molecule has 164 valence electrons. The summed E-state index contributed by atoms with van der Waals surface area (Å²) in [5.41, 5.74) is 1.56. The fourth-order valence-corrected chi connectivity index (χ4v) is 4.61. The Bertz CT molecular complexity index is 1250. The van der Waals surface area contributed by atoms with Gasteiger partial charge in [-0.3, -0.25) is 4.79 Å². The van der Waals surface area contributed by atoms with Crippen LogP contribution in [0.5, 0.6) is 0 Å². The highest BCUT2D eigenvalue weighted by atomic mass is 35.5. The first-order chi connectivity index (χ1) is 15.3. The number of para-hydroxylation sites is 1. The number of aromatic amines is 1. The quantitative estimate of drug-likeness (QED) is 0.233. The second-order valence-electron chi connectivity index (χ2n) is 7.03. The molecule has 0 radical (unpaired) electrons. The molecule has 3 aromatic carbocycles. The predicted molar refractivity (Wildman–Crippen MR) is 123 cm³/mol. The Hall–Kier alpha value is -2.90. The average molecular weight is 475 g/mol. The Balaban J connectivity index is 1.49. The van der Waals surface area contributed by atoms with Gasteiger partial charge in [-0.25, -0.2) is 0 Å². The van der Waals surface area contributed by atoms with Gasteiger partial charge in [-0.15, -0.1) is 11.8 Å². The number of rotatable bonds is 6. The number of amides is 1. The lowest BCUT2D eigenvalue weighted by Gasteiger charge is -2.12. The van der Waals surface area contributed by atoms with Crippen molar-refractivity contribution in [3.63, 3.8) is 0 Å². The molecule has 0 atom stereocenters. The van der Waals surface area contributed by atoms with Crippen molar-refractivity contribution in [1.82, 2.24) is 10.3 Å². The molecule has 8 heteroatoms. The molecule has 4 rings (SSSR count). The summed E-state index contributed by atoms with van der Waals surface area (Å²) >= 11 is 7.54. The van der Waals surface area contributed by atoms with Gasteiger partial charge in [0.2, 0.25) is 0 Å². The zero-order chi connectivity index (χ0) is 22.7. The second-order valence-corrected chi connectivity index (χ2v) is 8.57. The van der Waals surface area contributed by atoms with Crippen molar-refractivity contribution in [2.45, 2.75) is 11.1 Å². The first-order valence-corrected chi connectivity index (χ1v) is 11.1. The number of hydrogen-bond acceptors (Lipinski definition) is 2. The SMILES string of the molecule is O=C(NCCSc1c(-c2ccc(Cl)cc2)[nH]c2ccccc12)c1ccccc1C(F)(F)F. The maximum Gasteiger partial charge on any atom is 0.417 e. The molecule has 1 heterocycles. The van der Waals surface area contributed by atoms with E-state index in [1.54, 1.807) is 0 Å². The van der Waals surface area contributed by atoms with Crippen molar-refractivity contribution in [1.29, 1.82) is 0 Å². The van der Waals surface area contributed by atoms with Gasteiger partial charge in [-0.2, -0.15) is 13.2 Å². The normalized spacial score (nSPS) is 11.6. The summed E-state index contributed by atoms with van der Waals surface area (Å²) in [6, 6.07) is 20.1. The van der Waals surface area contributed by atoms with Gasteiger partial charge in [0.05, 0.1) is 16.8 Å². The Kier molecular flexibility index (Phi) is 6.48. The molecule has 0 unspecified atom stereocenters. The van der Waals surface area contributed by atoms with Gasteiger partial charge in [0.25, 0.3) is 5.91 Å². The molecule has 0 aliphatic rings. The number of carbonyl (C=O) groups excluding carboxylic acids is 1. The van der Waals surface area contributed by atoms with E-state index in [1.165, 1.54) is 30.0 Å². The minimum absolute atomic E-state index is 0.218. The number of fused-ring (bicyclic) bond motifs is 1. The molecule has 0 spiro atoms. The van der Waals surface area contributed by atoms with E-state index in [0.29, 0.717) is 10.8 Å². The van der Waals surface area contributed by atoms with E-state index in [-0.39, 0.29) is 12.1 Å². The van der Waals surface area contributed by atoms with Gasteiger partial charge in [-0.1, -0.05) is 54.1 Å². The molecule has 2 N–H and O–H groups in total. The van der Waals surface area contributed by atoms with E-state index in [4.69, 9.17) is 11.6 Å². The maximum absolute atomic E-state index is 13.2. The number of halogens is 4. The number of H-pyrrole nitrogens is 1. The number of hydrogen-bond donors (Lipinski definition) is 2. The molecule has 1 aromatic heterocycles. The van der Waals surface area contributed by atoms with E-state index in [9.17, 15) is 18.0 Å². The first kappa shape index (κ1) is 22.3. The second kappa shape index (κ2) is 9.30. The Labute approximate surface area is 192 Å². The standard InChI is InChI=1S/C24H18ClF3N2OS/c25-16-11-9-15(10-12-16)21-22(18-6-2-4-8-20(18)30-21)32-14-13-29-23(31)17-5-1-3-7-19(17)24(26,27)28/h1-12,30H,13-14H2,(H,29,31). The molecule has 32 heavy (non-hydrogen) atoms. The van der Waals surface area contributed by atoms with Crippen LogP contribution in [-0.4, -0.2) is 23.2 Å². The zero-order valence-corrected chi connectivity index (χ0v) is 18.2. The molecule has 0 saturated carbocycles. The van der Waals surface area contributed by atoms with Crippen LogP contribution < -0.4 is 5.32 Å². The maximum atomic E-state index is 13.2. The van der Waals surface area contributed by atoms with E-state index in [0.717, 1.165) is 33.1 Å². The molecule has 0 bridgehead atoms. The third kappa shape index (κ3) is 4.79. The predicted octanol–water partition coefficient (Wildman–Crippen LogP) is 7.03. The van der Waals surface area contributed by atoms with Crippen LogP contribution in [0.3, 0.4) is 0 Å². The highest BCUT2D eigenvalue weighted by Crippen LogP contribution is 2.38. The van der Waals surface area contributed by atoms with E-state index < -0.39 is 17.6 Å². The van der Waals surface area contributed by atoms with Crippen LogP contribution in [0.4, 0.5) is 13.2 Å². The lowest BCUT2D eigenvalue weighted by Crippen LogP contribution is -2.28. The van der Waals surface area contributed by atoms with Gasteiger partial charge >= 0.3 is 6.18 Å². The van der Waals surface area contributed by atoms with E-state index >= 15 is 0 Å². The third-order valence-electron chi connectivity index (χ3n) is 4.90. The number of aromatic nitrogens is 1. The molecule has 0 aliphatic carbocycles. The van der Waals surface area contributed by atoms with Crippen LogP contribution in [0.2, 0.25) is 5.02 Å². The van der Waals surface area contributed by atoms with Crippen LogP contribution in [0.1, 0.15) is 15.9 Å². The number of thioether (sulfide) groups is 1. The summed E-state index contributed by atoms with van der Waals surface area (Å²) < 4.78 is 39.5. The minimum atomic E-state index is -4.58. The van der Waals surface area contributed by atoms with Gasteiger partial charge in [0.1, 0.15) is 0 Å². The van der Waals surface area contributed by atoms with Crippen LogP contribution >= 0.6 is 23.4 Å². The average Bonchev–Trinajstić information content (AvgIpc) is 3.15. The Morgan fingerprint density at radius 2 is 1.66 bits per heavy atom. The minimum Gasteiger partial charge on any atom is -0.354 e. The number of nitrogens with one attached hydrogen (secondary N) is 2. The topological polar surface area (TPSA) is 44.9 Å². The summed E-state index contributed by atoms with van der Waals surface area (Å²) in [6.45, 7) is 0.218. The molecule has 3 nitrogen and oxygen atoms in total. The van der Waals surface area contributed by atoms with Gasteiger partial charge in [0.15, 0.2) is 0 Å².